The average molecular weight is 171 g/mol. The maximum absolute atomic E-state index is 10.6. The summed E-state index contributed by atoms with van der Waals surface area (Å²) in [5.41, 5.74) is 6.37. The fourth-order valence-electron chi connectivity index (χ4n) is 0.924. The molecule has 0 spiro atoms. The lowest BCUT2D eigenvalue weighted by Crippen LogP contribution is -2.22. The lowest BCUT2D eigenvalue weighted by Gasteiger charge is -2.14. The molecule has 0 aromatic rings. The first-order chi connectivity index (χ1) is 4.81. The van der Waals surface area contributed by atoms with Gasteiger partial charge in [0.2, 0.25) is 0 Å². The lowest BCUT2D eigenvalue weighted by molar-refractivity contribution is -0.112. The third-order valence-electron chi connectivity index (χ3n) is 1.12. The maximum atomic E-state index is 10.6. The first-order valence-corrected chi connectivity index (χ1v) is 7.48. The van der Waals surface area contributed by atoms with Gasteiger partial charge in [0.05, 0.1) is 8.07 Å². The average Bonchev–Trinajstić information content (AvgIpc) is 1.53. The summed E-state index contributed by atoms with van der Waals surface area (Å²) in [6.07, 6.45) is 1.53. The number of carbonyl (C=O) groups is 1. The minimum atomic E-state index is -1.13. The summed E-state index contributed by atoms with van der Waals surface area (Å²) in [6.45, 7) is 8.21. The van der Waals surface area contributed by atoms with E-state index in [9.17, 15) is 4.79 Å². The number of hydrogen-bond acceptors (Lipinski definition) is 2. The monoisotopic (exact) mass is 171 g/mol. The Balaban J connectivity index is 4.07. The van der Waals surface area contributed by atoms with Crippen molar-refractivity contribution in [2.24, 2.45) is 5.73 Å². The van der Waals surface area contributed by atoms with Crippen molar-refractivity contribution in [1.82, 2.24) is 0 Å². The first-order valence-electron chi connectivity index (χ1n) is 3.78. The fourth-order valence-corrected chi connectivity index (χ4v) is 2.25. The first kappa shape index (κ1) is 10.4. The Bertz CT molecular complexity index is 179. The quantitative estimate of drug-likeness (QED) is 0.519. The van der Waals surface area contributed by atoms with Gasteiger partial charge in [-0.15, -0.1) is 0 Å². The molecule has 0 heterocycles. The van der Waals surface area contributed by atoms with E-state index in [-0.39, 0.29) is 5.78 Å². The molecule has 64 valence electrons. The van der Waals surface area contributed by atoms with Gasteiger partial charge in [-0.2, -0.15) is 0 Å². The zero-order chi connectivity index (χ0) is 9.07. The van der Waals surface area contributed by atoms with Crippen LogP contribution in [0.15, 0.2) is 11.8 Å². The van der Waals surface area contributed by atoms with Crippen LogP contribution in [-0.4, -0.2) is 13.9 Å². The highest BCUT2D eigenvalue weighted by molar-refractivity contribution is 6.76. The number of allylic oxidation sites excluding steroid dienone is 2. The van der Waals surface area contributed by atoms with Gasteiger partial charge in [0.25, 0.3) is 0 Å². The third kappa shape index (κ3) is 7.32. The summed E-state index contributed by atoms with van der Waals surface area (Å²) >= 11 is 0. The predicted molar refractivity (Wildman–Crippen MR) is 51.1 cm³/mol. The van der Waals surface area contributed by atoms with E-state index in [1.54, 1.807) is 0 Å². The molecule has 0 aromatic heterocycles. The van der Waals surface area contributed by atoms with Crippen LogP contribution >= 0.6 is 0 Å². The minimum absolute atomic E-state index is 0.0424. The molecule has 0 aliphatic rings. The second-order valence-corrected chi connectivity index (χ2v) is 9.54. The van der Waals surface area contributed by atoms with Gasteiger partial charge in [0.1, 0.15) is 0 Å². The predicted octanol–water partition coefficient (Wildman–Crippen LogP) is 1.76. The molecule has 0 atom stereocenters. The number of carbonyl (C=O) groups excluding carboxylic acids is 1. The lowest BCUT2D eigenvalue weighted by atomic mass is 10.3. The van der Waals surface area contributed by atoms with Gasteiger partial charge in [-0.25, -0.2) is 0 Å². The van der Waals surface area contributed by atoms with Crippen LogP contribution in [0.4, 0.5) is 0 Å². The molecule has 0 aromatic carbocycles. The van der Waals surface area contributed by atoms with Crippen LogP contribution in [0.5, 0.6) is 0 Å². The smallest absolute Gasteiger partial charge is 0.154 e. The van der Waals surface area contributed by atoms with Crippen LogP contribution in [0.1, 0.15) is 6.92 Å². The van der Waals surface area contributed by atoms with E-state index < -0.39 is 8.07 Å². The normalized spacial score (nSPS) is 13.3. The summed E-state index contributed by atoms with van der Waals surface area (Å²) in [7, 11) is -1.13. The molecule has 11 heavy (non-hydrogen) atoms. The molecule has 0 saturated carbocycles. The van der Waals surface area contributed by atoms with Crippen LogP contribution in [0.25, 0.3) is 0 Å². The van der Waals surface area contributed by atoms with Gasteiger partial charge in [0, 0.05) is 5.70 Å². The molecule has 3 heteroatoms. The summed E-state index contributed by atoms with van der Waals surface area (Å²) < 4.78 is 0. The molecular formula is C8H17NOSi. The van der Waals surface area contributed by atoms with Gasteiger partial charge in [0.15, 0.2) is 5.78 Å². The van der Waals surface area contributed by atoms with Crippen LogP contribution in [-0.2, 0) is 4.79 Å². The molecule has 0 amide bonds. The van der Waals surface area contributed by atoms with Gasteiger partial charge < -0.3 is 5.73 Å². The third-order valence-corrected chi connectivity index (χ3v) is 2.59. The highest BCUT2D eigenvalue weighted by Gasteiger charge is 2.13. The molecular weight excluding hydrogens is 154 g/mol. The number of ketones is 1. The molecule has 0 rings (SSSR count). The number of hydrogen-bond donors (Lipinski definition) is 1. The Morgan fingerprint density at radius 2 is 1.91 bits per heavy atom. The molecule has 0 fully saturated rings. The summed E-state index contributed by atoms with van der Waals surface area (Å²) in [5, 5.41) is 0. The van der Waals surface area contributed by atoms with Crippen molar-refractivity contribution >= 4 is 13.9 Å². The van der Waals surface area contributed by atoms with E-state index in [2.05, 4.69) is 19.6 Å². The fraction of sp³-hybridized carbons (Fsp3) is 0.625. The van der Waals surface area contributed by atoms with Gasteiger partial charge in [-0.3, -0.25) is 4.79 Å². The van der Waals surface area contributed by atoms with Crippen LogP contribution in [0, 0.1) is 0 Å². The molecule has 0 saturated heterocycles. The van der Waals surface area contributed by atoms with E-state index in [4.69, 9.17) is 5.73 Å². The Morgan fingerprint density at radius 1 is 1.45 bits per heavy atom. The topological polar surface area (TPSA) is 43.1 Å². The number of rotatable bonds is 3. The van der Waals surface area contributed by atoms with E-state index in [1.165, 1.54) is 13.0 Å². The van der Waals surface area contributed by atoms with Crippen molar-refractivity contribution < 1.29 is 4.79 Å². The minimum Gasteiger partial charge on any atom is -0.402 e. The van der Waals surface area contributed by atoms with Crippen molar-refractivity contribution in [2.75, 3.05) is 0 Å². The highest BCUT2D eigenvalue weighted by atomic mass is 28.3. The Kier molecular flexibility index (Phi) is 3.52. The second kappa shape index (κ2) is 3.71. The van der Waals surface area contributed by atoms with E-state index in [0.29, 0.717) is 0 Å². The number of nitrogens with two attached hydrogens (primary N) is 1. The zero-order valence-electron chi connectivity index (χ0n) is 7.77. The molecule has 2 nitrogen and oxygen atoms in total. The Hall–Kier alpha value is -0.573. The van der Waals surface area contributed by atoms with Gasteiger partial charge >= 0.3 is 0 Å². The summed E-state index contributed by atoms with van der Waals surface area (Å²) in [6, 6.07) is 0.909. The standard InChI is InChI=1S/C8H17NOSi/c1-7(10)5-8(9)6-11(2,3)4/h5H,6,9H2,1-4H3/b8-5+. The van der Waals surface area contributed by atoms with Gasteiger partial charge in [-0.1, -0.05) is 19.6 Å². The second-order valence-electron chi connectivity index (χ2n) is 4.07. The summed E-state index contributed by atoms with van der Waals surface area (Å²) in [5.74, 6) is 0.0424. The van der Waals surface area contributed by atoms with Crippen molar-refractivity contribution in [2.45, 2.75) is 32.6 Å². The van der Waals surface area contributed by atoms with Crippen molar-refractivity contribution in [1.29, 1.82) is 0 Å². The molecule has 0 aliphatic heterocycles. The van der Waals surface area contributed by atoms with Crippen molar-refractivity contribution in [3.05, 3.63) is 11.8 Å². The van der Waals surface area contributed by atoms with Crippen LogP contribution < -0.4 is 5.73 Å². The highest BCUT2D eigenvalue weighted by Crippen LogP contribution is 2.11. The molecule has 0 bridgehead atoms. The van der Waals surface area contributed by atoms with E-state index in [0.717, 1.165) is 11.7 Å². The zero-order valence-corrected chi connectivity index (χ0v) is 8.77. The van der Waals surface area contributed by atoms with Gasteiger partial charge in [-0.05, 0) is 19.0 Å². The van der Waals surface area contributed by atoms with Crippen molar-refractivity contribution in [3.8, 4) is 0 Å². The SMILES string of the molecule is CC(=O)/C=C(/N)C[Si](C)(C)C. The Morgan fingerprint density at radius 3 is 2.18 bits per heavy atom. The molecule has 2 N–H and O–H groups in total. The largest absolute Gasteiger partial charge is 0.402 e. The maximum Gasteiger partial charge on any atom is 0.154 e. The van der Waals surface area contributed by atoms with Crippen molar-refractivity contribution in [3.63, 3.8) is 0 Å². The molecule has 0 aliphatic carbocycles. The molecule has 0 radical (unpaired) electrons. The summed E-state index contributed by atoms with van der Waals surface area (Å²) in [4.78, 5) is 10.6. The van der Waals surface area contributed by atoms with Crippen LogP contribution in [0.3, 0.4) is 0 Å². The van der Waals surface area contributed by atoms with E-state index in [1.807, 2.05) is 0 Å². The van der Waals surface area contributed by atoms with Crippen LogP contribution in [0.2, 0.25) is 25.7 Å². The molecule has 0 unspecified atom stereocenters. The van der Waals surface area contributed by atoms with E-state index >= 15 is 0 Å². The Labute approximate surface area is 69.5 Å².